The third-order valence-electron chi connectivity index (χ3n) is 7.60. The van der Waals surface area contributed by atoms with Gasteiger partial charge in [-0.2, -0.15) is 5.11 Å². The van der Waals surface area contributed by atoms with Gasteiger partial charge in [0.05, 0.1) is 51.4 Å². The van der Waals surface area contributed by atoms with Gasteiger partial charge in [0.25, 0.3) is 0 Å². The quantitative estimate of drug-likeness (QED) is 0.189. The van der Waals surface area contributed by atoms with Gasteiger partial charge < -0.3 is 4.74 Å². The van der Waals surface area contributed by atoms with E-state index >= 15 is 0 Å². The molecule has 13 nitrogen and oxygen atoms in total. The number of hydrogen-bond donors (Lipinski definition) is 0. The average molecular weight is 619 g/mol. The summed E-state index contributed by atoms with van der Waals surface area (Å²) >= 11 is 0. The fourth-order valence-corrected chi connectivity index (χ4v) is 5.65. The molecular formula is C31H31N12OP. The first-order valence-electron chi connectivity index (χ1n) is 14.5. The van der Waals surface area contributed by atoms with Crippen molar-refractivity contribution in [2.75, 3.05) is 6.54 Å². The molecule has 0 fully saturated rings. The van der Waals surface area contributed by atoms with Crippen molar-refractivity contribution in [2.24, 2.45) is 10.3 Å². The summed E-state index contributed by atoms with van der Waals surface area (Å²) in [5.41, 5.74) is 3.77. The maximum Gasteiger partial charge on any atom is 0.185 e. The molecular weight excluding hydrogens is 587 g/mol. The molecule has 3 aromatic carbocycles. The maximum absolute atomic E-state index is 6.87. The topological polar surface area (TPSA) is 129 Å². The van der Waals surface area contributed by atoms with Crippen LogP contribution < -0.4 is 0 Å². The van der Waals surface area contributed by atoms with Crippen molar-refractivity contribution in [3.63, 3.8) is 0 Å². The van der Waals surface area contributed by atoms with E-state index in [1.54, 1.807) is 20.0 Å². The van der Waals surface area contributed by atoms with Crippen molar-refractivity contribution in [1.82, 2.24) is 49.8 Å². The highest BCUT2D eigenvalue weighted by Gasteiger charge is 2.51. The minimum absolute atomic E-state index is 0.121. The number of rotatable bonds is 12. The van der Waals surface area contributed by atoms with E-state index in [2.05, 4.69) is 81.9 Å². The predicted octanol–water partition coefficient (Wildman–Crippen LogP) is 3.91. The van der Waals surface area contributed by atoms with E-state index in [0.717, 1.165) is 16.7 Å². The Bertz CT molecular complexity index is 1780. The molecule has 0 saturated heterocycles. The molecule has 7 rings (SSSR count). The highest BCUT2D eigenvalue weighted by molar-refractivity contribution is 7.14. The molecule has 14 heteroatoms. The first-order valence-corrected chi connectivity index (χ1v) is 15.0. The minimum atomic E-state index is -1.29. The molecule has 0 spiro atoms. The van der Waals surface area contributed by atoms with Crippen LogP contribution in [0.25, 0.3) is 0 Å². The molecule has 45 heavy (non-hydrogen) atoms. The van der Waals surface area contributed by atoms with Crippen molar-refractivity contribution in [3.8, 4) is 0 Å². The summed E-state index contributed by atoms with van der Waals surface area (Å²) in [7, 11) is 2.48. The molecule has 1 aliphatic rings. The lowest BCUT2D eigenvalue weighted by Gasteiger charge is -2.33. The van der Waals surface area contributed by atoms with Crippen molar-refractivity contribution >= 4 is 9.39 Å². The van der Waals surface area contributed by atoms with E-state index in [1.807, 2.05) is 72.0 Å². The van der Waals surface area contributed by atoms with Crippen LogP contribution in [0.15, 0.2) is 120 Å². The highest BCUT2D eigenvalue weighted by atomic mass is 31.0. The largest absolute Gasteiger partial charge is 0.353 e. The average Bonchev–Trinajstić information content (AvgIpc) is 3.90. The summed E-state index contributed by atoms with van der Waals surface area (Å²) in [5.74, 6) is 0. The van der Waals surface area contributed by atoms with Crippen LogP contribution in [0, 0.1) is 0 Å². The first kappa shape index (κ1) is 28.6. The van der Waals surface area contributed by atoms with Crippen LogP contribution in [0.2, 0.25) is 0 Å². The lowest BCUT2D eigenvalue weighted by Crippen LogP contribution is -2.45. The van der Waals surface area contributed by atoms with Gasteiger partial charge in [0.1, 0.15) is 23.1 Å². The summed E-state index contributed by atoms with van der Waals surface area (Å²) in [6, 6.07) is 29.9. The zero-order chi connectivity index (χ0) is 30.5. The van der Waals surface area contributed by atoms with Crippen LogP contribution in [-0.2, 0) is 36.6 Å². The molecule has 2 unspecified atom stereocenters. The Labute approximate surface area is 261 Å². The Balaban J connectivity index is 1.28. The van der Waals surface area contributed by atoms with Gasteiger partial charge in [-0.05, 0) is 26.1 Å². The maximum atomic E-state index is 6.87. The normalized spacial score (nSPS) is 14.8. The van der Waals surface area contributed by atoms with E-state index in [0.29, 0.717) is 43.3 Å². The van der Waals surface area contributed by atoms with Gasteiger partial charge in [0.15, 0.2) is 5.60 Å². The van der Waals surface area contributed by atoms with E-state index in [4.69, 9.17) is 9.85 Å². The highest BCUT2D eigenvalue weighted by Crippen LogP contribution is 2.40. The third-order valence-corrected chi connectivity index (χ3v) is 7.85. The smallest absolute Gasteiger partial charge is 0.185 e. The molecule has 226 valence electrons. The molecule has 3 aromatic heterocycles. The SMILES string of the molecule is Pn1cc(COC(c2cn(Cc3ccccc3)nn2)(c2cn(Cc3ccccc3)nn2)C2CN(Cc3ccccc3)N=N2)nn1. The van der Waals surface area contributed by atoms with Crippen LogP contribution >= 0.6 is 9.39 Å². The molecule has 0 saturated carbocycles. The van der Waals surface area contributed by atoms with Gasteiger partial charge in [-0.25, -0.2) is 13.8 Å². The van der Waals surface area contributed by atoms with Crippen LogP contribution in [0.3, 0.4) is 0 Å². The van der Waals surface area contributed by atoms with E-state index in [9.17, 15) is 0 Å². The number of benzene rings is 3. The predicted molar refractivity (Wildman–Crippen MR) is 167 cm³/mol. The van der Waals surface area contributed by atoms with Crippen LogP contribution in [0.1, 0.15) is 33.8 Å². The second-order valence-electron chi connectivity index (χ2n) is 10.8. The standard InChI is InChI=1S/C31H31N12OP/c45-43-19-27(32-39-43)23-44-31(28-20-40(36-33-28)16-24-10-4-1-5-11-24,29-21-41(37-34-29)17-25-12-6-2-7-13-25)30-22-42(38-35-30)18-26-14-8-3-9-15-26/h1-15,19-21,30H,16-18,22-23,45H2. The molecule has 0 N–H and O–H groups in total. The molecule has 2 atom stereocenters. The van der Waals surface area contributed by atoms with Gasteiger partial charge in [-0.1, -0.05) is 112 Å². The molecule has 6 aromatic rings. The Kier molecular flexibility index (Phi) is 8.17. The zero-order valence-electron chi connectivity index (χ0n) is 24.4. The first-order chi connectivity index (χ1) is 22.1. The second-order valence-corrected chi connectivity index (χ2v) is 11.4. The van der Waals surface area contributed by atoms with Crippen molar-refractivity contribution in [1.29, 1.82) is 0 Å². The van der Waals surface area contributed by atoms with Crippen molar-refractivity contribution < 1.29 is 4.74 Å². The fraction of sp³-hybridized carbons (Fsp3) is 0.226. The second kappa shape index (κ2) is 12.8. The Morgan fingerprint density at radius 2 is 1.20 bits per heavy atom. The van der Waals surface area contributed by atoms with Crippen LogP contribution in [-0.4, -0.2) is 62.3 Å². The lowest BCUT2D eigenvalue weighted by atomic mass is 9.87. The Morgan fingerprint density at radius 1 is 0.667 bits per heavy atom. The number of nitrogens with zero attached hydrogens (tertiary/aromatic N) is 12. The third kappa shape index (κ3) is 6.40. The molecule has 0 aliphatic carbocycles. The summed E-state index contributed by atoms with van der Waals surface area (Å²) in [6.07, 6.45) is 5.57. The van der Waals surface area contributed by atoms with Gasteiger partial charge in [0, 0.05) is 0 Å². The van der Waals surface area contributed by atoms with Crippen LogP contribution in [0.5, 0.6) is 0 Å². The number of hydrogen-bond acceptors (Lipinski definition) is 10. The summed E-state index contributed by atoms with van der Waals surface area (Å²) in [5, 5.41) is 37.9. The van der Waals surface area contributed by atoms with E-state index < -0.39 is 11.6 Å². The zero-order valence-corrected chi connectivity index (χ0v) is 25.5. The van der Waals surface area contributed by atoms with E-state index in [1.165, 1.54) is 0 Å². The number of ether oxygens (including phenoxy) is 1. The van der Waals surface area contributed by atoms with Gasteiger partial charge in [-0.3, -0.25) is 5.01 Å². The van der Waals surface area contributed by atoms with Gasteiger partial charge in [-0.15, -0.1) is 15.3 Å². The Morgan fingerprint density at radius 3 is 1.71 bits per heavy atom. The van der Waals surface area contributed by atoms with Crippen molar-refractivity contribution in [2.45, 2.75) is 37.9 Å². The summed E-state index contributed by atoms with van der Waals surface area (Å²) < 4.78 is 12.0. The minimum Gasteiger partial charge on any atom is -0.353 e. The molecule has 0 bridgehead atoms. The number of aromatic nitrogens is 9. The Hall–Kier alpha value is -5.13. The van der Waals surface area contributed by atoms with Crippen LogP contribution in [0.4, 0.5) is 0 Å². The van der Waals surface area contributed by atoms with E-state index in [-0.39, 0.29) is 6.61 Å². The summed E-state index contributed by atoms with van der Waals surface area (Å²) in [4.78, 5) is 0. The molecule has 4 heterocycles. The van der Waals surface area contributed by atoms with Gasteiger partial charge >= 0.3 is 0 Å². The molecule has 0 amide bonds. The fourth-order valence-electron chi connectivity index (χ4n) is 5.42. The lowest BCUT2D eigenvalue weighted by molar-refractivity contribution is -0.0558. The summed E-state index contributed by atoms with van der Waals surface area (Å²) in [6.45, 7) is 2.26. The van der Waals surface area contributed by atoms with Crippen molar-refractivity contribution in [3.05, 3.63) is 143 Å². The van der Waals surface area contributed by atoms with Gasteiger partial charge in [0.2, 0.25) is 0 Å². The monoisotopic (exact) mass is 618 g/mol. The molecule has 0 radical (unpaired) electrons. The molecule has 1 aliphatic heterocycles.